The quantitative estimate of drug-likeness (QED) is 0.0109. The van der Waals surface area contributed by atoms with Crippen LogP contribution >= 0.6 is 0 Å². The molecule has 23 N–H and O–H groups in total. The average molecular weight is 1610 g/mol. The Balaban J connectivity index is 1.40. The summed E-state index contributed by atoms with van der Waals surface area (Å²) < 4.78 is 0. The molecule has 35 nitrogen and oxygen atoms in total. The minimum atomic E-state index is -2.27. The summed E-state index contributed by atoms with van der Waals surface area (Å²) >= 11 is 0. The number of nitrogens with one attached hydrogen (secondary N) is 12. The standard InChI is InChI=1S/C78H124N19O16Si/c1-43(2)34-55(59(98)38-62(101)91-56(67(80)105)35-44(3)4)94-72(110)58(37-49-40-83-42-88-49)92-63(102)41-97(14)75(113)64(45(5)6)96-68(106)46(7)89-71(109)57(36-48-39-87-52-21-16-15-20-51(48)52)95-70(108)54(28-29-60(79)99)90-61(100)23-17-18-31-84-69(107)53(22-19-32-86-76(81)82)93-74(112)66(104)65(103)73(111)85-33-30-47-24-26-50(27-25-47)114(77(8,9)10)78(11,12)13/h15-16,20-21,24-27,39-40,42-46,53-59,64-66,87,98,103-104H,17-19,22-23,28-38,41H2,1-14H3,(H2,79,99)(H2,80,105)(H,83,88)(H,84,107)(H,85,111)(H,89,109)(H,90,100)(H,91,101)(H,92,102)(H,93,112)(H,94,110)(H,95,108)(H,96,106)(H4,81,82,86)/t46-,53-,54-,55-,56-,57-,58-,59-,64-,65?,66?/m0/s1. The topological polar surface area (TPSA) is 567 Å². The number of likely N-dealkylation sites (N-methyl/N-ethyl adjacent to an activating group) is 1. The van der Waals surface area contributed by atoms with E-state index in [0.29, 0.717) is 28.6 Å². The van der Waals surface area contributed by atoms with Crippen LogP contribution in [0.4, 0.5) is 0 Å². The molecule has 0 aliphatic rings. The number of unbranched alkanes of at least 4 members (excludes halogenated alkanes) is 1. The maximum absolute atomic E-state index is 14.5. The molecule has 0 spiro atoms. The summed E-state index contributed by atoms with van der Waals surface area (Å²) in [7, 11) is 0.313. The van der Waals surface area contributed by atoms with Crippen LogP contribution in [0.25, 0.3) is 10.9 Å². The van der Waals surface area contributed by atoms with Crippen LogP contribution in [-0.4, -0.2) is 227 Å². The van der Waals surface area contributed by atoms with E-state index >= 15 is 0 Å². The number of aliphatic hydroxyl groups excluding tert-OH is 3. The number of rotatable bonds is 48. The number of guanidine groups is 1. The first-order valence-corrected chi connectivity index (χ1v) is 40.2. The summed E-state index contributed by atoms with van der Waals surface area (Å²) in [6.07, 6.45) is -1.89. The number of aliphatic hydroxyl groups is 3. The van der Waals surface area contributed by atoms with Gasteiger partial charge in [0.2, 0.25) is 65.0 Å². The first-order chi connectivity index (χ1) is 53.4. The molecule has 0 aliphatic heterocycles. The van der Waals surface area contributed by atoms with Crippen molar-refractivity contribution >= 4 is 108 Å². The van der Waals surface area contributed by atoms with Gasteiger partial charge in [0.05, 0.1) is 40.2 Å². The Morgan fingerprint density at radius 1 is 0.570 bits per heavy atom. The molecule has 114 heavy (non-hydrogen) atoms. The minimum absolute atomic E-state index is 0.0106. The number of para-hydroxylation sites is 1. The van der Waals surface area contributed by atoms with E-state index in [2.05, 4.69) is 127 Å². The fourth-order valence-corrected chi connectivity index (χ4v) is 17.8. The molecule has 631 valence electrons. The van der Waals surface area contributed by atoms with E-state index in [1.807, 2.05) is 39.8 Å². The molecule has 0 aliphatic carbocycles. The minimum Gasteiger partial charge on any atom is -0.390 e. The number of imidazole rings is 1. The van der Waals surface area contributed by atoms with Gasteiger partial charge in [-0.3, -0.25) is 67.3 Å². The molecule has 0 saturated heterocycles. The van der Waals surface area contributed by atoms with Crippen molar-refractivity contribution < 1.29 is 77.6 Å². The van der Waals surface area contributed by atoms with Crippen molar-refractivity contribution in [2.24, 2.45) is 45.7 Å². The number of fused-ring (bicyclic) bond motifs is 1. The molecule has 11 atom stereocenters. The van der Waals surface area contributed by atoms with Gasteiger partial charge in [-0.2, -0.15) is 0 Å². The van der Waals surface area contributed by atoms with Crippen LogP contribution in [0, 0.1) is 17.8 Å². The fraction of sp³-hybridized carbons (Fsp3) is 0.603. The van der Waals surface area contributed by atoms with Crippen molar-refractivity contribution in [3.8, 4) is 0 Å². The Labute approximate surface area is 668 Å². The van der Waals surface area contributed by atoms with Crippen LogP contribution in [0.3, 0.4) is 0 Å². The first kappa shape index (κ1) is 96.0. The lowest BCUT2D eigenvalue weighted by Gasteiger charge is -2.39. The first-order valence-electron chi connectivity index (χ1n) is 38.7. The van der Waals surface area contributed by atoms with Gasteiger partial charge in [0.1, 0.15) is 42.3 Å². The molecule has 0 bridgehead atoms. The molecule has 1 radical (unpaired) electrons. The van der Waals surface area contributed by atoms with E-state index in [4.69, 9.17) is 22.9 Å². The number of amides is 13. The predicted octanol–water partition coefficient (Wildman–Crippen LogP) is -0.994. The van der Waals surface area contributed by atoms with Gasteiger partial charge < -0.3 is 106 Å². The highest BCUT2D eigenvalue weighted by atomic mass is 28.3. The average Bonchev–Trinajstić information content (AvgIpc) is 1.05. The number of aromatic amines is 2. The lowest BCUT2D eigenvalue weighted by Crippen LogP contribution is -2.59. The number of nitrogens with two attached hydrogens (primary N) is 4. The van der Waals surface area contributed by atoms with Crippen molar-refractivity contribution in [2.75, 3.05) is 33.2 Å². The molecule has 2 unspecified atom stereocenters. The van der Waals surface area contributed by atoms with Crippen LogP contribution in [0.5, 0.6) is 0 Å². The Hall–Kier alpha value is -10.3. The number of carbonyl (C=O) groups is 13. The number of aromatic nitrogens is 3. The number of hydrogen-bond acceptors (Lipinski definition) is 18. The fourth-order valence-electron chi connectivity index (χ4n) is 13.3. The van der Waals surface area contributed by atoms with Gasteiger partial charge in [-0.15, -0.1) is 0 Å². The normalized spacial score (nSPS) is 14.6. The summed E-state index contributed by atoms with van der Waals surface area (Å²) in [5, 5.41) is 61.3. The van der Waals surface area contributed by atoms with Crippen LogP contribution in [0.2, 0.25) is 10.1 Å². The number of carbonyl (C=O) groups excluding carboxylic acids is 13. The van der Waals surface area contributed by atoms with Gasteiger partial charge in [-0.25, -0.2) is 4.98 Å². The van der Waals surface area contributed by atoms with Gasteiger partial charge in [0.15, 0.2) is 18.2 Å². The van der Waals surface area contributed by atoms with E-state index in [9.17, 15) is 77.6 Å². The van der Waals surface area contributed by atoms with E-state index < -0.39 is 171 Å². The molecule has 13 amide bonds. The highest BCUT2D eigenvalue weighted by molar-refractivity contribution is 6.78. The highest BCUT2D eigenvalue weighted by Gasteiger charge is 2.40. The summed E-state index contributed by atoms with van der Waals surface area (Å²) in [5.41, 5.74) is 24.6. The van der Waals surface area contributed by atoms with E-state index in [-0.39, 0.29) is 118 Å². The van der Waals surface area contributed by atoms with E-state index in [1.54, 1.807) is 44.3 Å². The third-order valence-electron chi connectivity index (χ3n) is 18.7. The van der Waals surface area contributed by atoms with Gasteiger partial charge in [-0.05, 0) is 103 Å². The Morgan fingerprint density at radius 2 is 1.15 bits per heavy atom. The third kappa shape index (κ3) is 33.0. The molecule has 2 aromatic heterocycles. The number of aliphatic imine (C=N–C) groups is 1. The second kappa shape index (κ2) is 46.1. The Kier molecular flexibility index (Phi) is 38.9. The number of hydrogen-bond donors (Lipinski definition) is 19. The summed E-state index contributed by atoms with van der Waals surface area (Å²) in [4.78, 5) is 191. The van der Waals surface area contributed by atoms with Crippen LogP contribution < -0.4 is 81.3 Å². The van der Waals surface area contributed by atoms with Crippen LogP contribution in [-0.2, 0) is 81.6 Å². The molecular formula is C78H124N19O16Si. The number of H-pyrrole nitrogens is 2. The second-order valence-corrected chi connectivity index (χ2v) is 36.6. The maximum atomic E-state index is 14.5. The second-order valence-electron chi connectivity index (χ2n) is 32.2. The molecule has 4 aromatic rings. The molecule has 2 heterocycles. The van der Waals surface area contributed by atoms with Crippen LogP contribution in [0.1, 0.15) is 171 Å². The zero-order valence-electron chi connectivity index (χ0n) is 68.3. The highest BCUT2D eigenvalue weighted by Crippen LogP contribution is 2.41. The molecule has 2 aromatic carbocycles. The lowest BCUT2D eigenvalue weighted by atomic mass is 9.96. The zero-order chi connectivity index (χ0) is 85.5. The molecular weight excluding hydrogens is 1490 g/mol. The molecule has 0 saturated carbocycles. The van der Waals surface area contributed by atoms with Crippen molar-refractivity contribution in [3.05, 3.63) is 84.1 Å². The summed E-state index contributed by atoms with van der Waals surface area (Å²) in [5.74, 6) is -11.7. The monoisotopic (exact) mass is 1610 g/mol. The third-order valence-corrected chi connectivity index (χ3v) is 22.6. The number of primary amides is 2. The van der Waals surface area contributed by atoms with Crippen LogP contribution in [0.15, 0.2) is 72.2 Å². The molecule has 0 fully saturated rings. The van der Waals surface area contributed by atoms with E-state index in [1.165, 1.54) is 31.7 Å². The number of benzene rings is 2. The van der Waals surface area contributed by atoms with E-state index in [0.717, 1.165) is 10.5 Å². The Bertz CT molecular complexity index is 3880. The van der Waals surface area contributed by atoms with Gasteiger partial charge in [-0.1, -0.05) is 131 Å². The maximum Gasteiger partial charge on any atom is 0.252 e. The smallest absolute Gasteiger partial charge is 0.252 e. The van der Waals surface area contributed by atoms with Crippen molar-refractivity contribution in [2.45, 2.75) is 250 Å². The largest absolute Gasteiger partial charge is 0.390 e. The van der Waals surface area contributed by atoms with Gasteiger partial charge in [0, 0.05) is 81.4 Å². The number of nitrogens with zero attached hydrogens (tertiary/aromatic N) is 3. The predicted molar refractivity (Wildman–Crippen MR) is 432 cm³/mol. The molecule has 36 heteroatoms. The van der Waals surface area contributed by atoms with Crippen molar-refractivity contribution in [1.29, 1.82) is 0 Å². The van der Waals surface area contributed by atoms with Gasteiger partial charge in [0.25, 0.3) is 11.8 Å². The zero-order valence-corrected chi connectivity index (χ0v) is 69.3. The van der Waals surface area contributed by atoms with Crippen molar-refractivity contribution in [1.82, 2.24) is 73.0 Å². The lowest BCUT2D eigenvalue weighted by molar-refractivity contribution is -0.147. The molecule has 4 rings (SSSR count). The SMILES string of the molecule is CC(C)C[C@H](NC(=O)C[C@H](O)[C@H](CC(C)C)NC(=O)[C@H](Cc1cnc[nH]1)NC(=O)CN(C)C(=O)[C@@H](NC(=O)[C@H](C)NC(=O)[C@H](Cc1c[nH]c2ccccc12)NC(=O)[C@H](CCC(N)=O)NC(=O)CCCCNC(=O)[C@H](CCCN=C(N)N)NC(=O)C(O)C(O)C(=O)NCCc1ccc([Si](C(C)(C)C)C(C)(C)C)cc1)C(C)C)C(N)=O. The van der Waals surface area contributed by atoms with Crippen molar-refractivity contribution in [3.63, 3.8) is 0 Å². The summed E-state index contributed by atoms with van der Waals surface area (Å²) in [6, 6.07) is 5.14. The Morgan fingerprint density at radius 3 is 1.75 bits per heavy atom. The van der Waals surface area contributed by atoms with Gasteiger partial charge >= 0.3 is 0 Å². The summed E-state index contributed by atoms with van der Waals surface area (Å²) in [6.45, 7) is 24.9.